The van der Waals surface area contributed by atoms with Crippen molar-refractivity contribution in [1.29, 1.82) is 0 Å². The van der Waals surface area contributed by atoms with E-state index in [0.717, 1.165) is 16.9 Å². The lowest BCUT2D eigenvalue weighted by Crippen LogP contribution is -2.22. The number of nitrogens with zero attached hydrogens (tertiary/aromatic N) is 1. The highest BCUT2D eigenvalue weighted by molar-refractivity contribution is 5.98. The lowest BCUT2D eigenvalue weighted by Gasteiger charge is -2.22. The molecule has 1 aromatic heterocycles. The summed E-state index contributed by atoms with van der Waals surface area (Å²) in [5.41, 5.74) is 2.00. The van der Waals surface area contributed by atoms with Crippen LogP contribution in [-0.4, -0.2) is 42.2 Å². The van der Waals surface area contributed by atoms with Gasteiger partial charge in [-0.2, -0.15) is 0 Å². The van der Waals surface area contributed by atoms with Crippen molar-refractivity contribution >= 4 is 11.8 Å². The third-order valence-corrected chi connectivity index (χ3v) is 4.92. The second-order valence-corrected chi connectivity index (χ2v) is 6.84. The molecule has 2 atom stereocenters. The first kappa shape index (κ1) is 22.2. The zero-order chi connectivity index (χ0) is 21.6. The lowest BCUT2D eigenvalue weighted by atomic mass is 9.92. The number of methoxy groups -OCH3 is 2. The number of aromatic nitrogens is 1. The van der Waals surface area contributed by atoms with Gasteiger partial charge in [0.1, 0.15) is 11.9 Å². The summed E-state index contributed by atoms with van der Waals surface area (Å²) >= 11 is 0. The minimum atomic E-state index is -0.480. The van der Waals surface area contributed by atoms with Crippen LogP contribution < -0.4 is 9.47 Å². The van der Waals surface area contributed by atoms with E-state index in [4.69, 9.17) is 14.2 Å². The Morgan fingerprint density at radius 3 is 2.45 bits per heavy atom. The maximum Gasteiger partial charge on any atom is 0.306 e. The number of carbonyl (C=O) groups excluding carboxylic acids is 2. The number of ketones is 1. The van der Waals surface area contributed by atoms with Crippen molar-refractivity contribution in [2.45, 2.75) is 45.6 Å². The van der Waals surface area contributed by atoms with E-state index in [0.29, 0.717) is 0 Å². The second-order valence-electron chi connectivity index (χ2n) is 6.84. The zero-order valence-electron chi connectivity index (χ0n) is 17.4. The van der Waals surface area contributed by atoms with Crippen molar-refractivity contribution in [3.8, 4) is 17.2 Å². The molecular weight excluding hydrogens is 374 g/mol. The van der Waals surface area contributed by atoms with Crippen LogP contribution in [0.4, 0.5) is 0 Å². The summed E-state index contributed by atoms with van der Waals surface area (Å²) in [4.78, 5) is 28.4. The highest BCUT2D eigenvalue weighted by Crippen LogP contribution is 2.29. The van der Waals surface area contributed by atoms with Gasteiger partial charge >= 0.3 is 5.97 Å². The van der Waals surface area contributed by atoms with Gasteiger partial charge in [0.05, 0.1) is 20.6 Å². The molecule has 7 heteroatoms. The van der Waals surface area contributed by atoms with Crippen LogP contribution in [0.1, 0.15) is 54.2 Å². The summed E-state index contributed by atoms with van der Waals surface area (Å²) in [6.45, 7) is 5.79. The fourth-order valence-electron chi connectivity index (χ4n) is 3.05. The molecule has 0 spiro atoms. The smallest absolute Gasteiger partial charge is 0.306 e. The number of hydrogen-bond donors (Lipinski definition) is 1. The lowest BCUT2D eigenvalue weighted by molar-refractivity contribution is -0.149. The van der Waals surface area contributed by atoms with Crippen molar-refractivity contribution in [2.75, 3.05) is 14.2 Å². The number of esters is 1. The molecule has 156 valence electrons. The number of benzene rings is 1. The van der Waals surface area contributed by atoms with Gasteiger partial charge in [-0.05, 0) is 37.1 Å². The van der Waals surface area contributed by atoms with Gasteiger partial charge in [-0.15, -0.1) is 0 Å². The Morgan fingerprint density at radius 2 is 1.83 bits per heavy atom. The van der Waals surface area contributed by atoms with Crippen LogP contribution in [0.3, 0.4) is 0 Å². The topological polar surface area (TPSA) is 95.0 Å². The number of aryl methyl sites for hydroxylation is 1. The van der Waals surface area contributed by atoms with Crippen molar-refractivity contribution in [1.82, 2.24) is 4.98 Å². The van der Waals surface area contributed by atoms with Gasteiger partial charge in [0, 0.05) is 24.6 Å². The number of hydrogen-bond acceptors (Lipinski definition) is 7. The molecule has 29 heavy (non-hydrogen) atoms. The molecule has 0 unspecified atom stereocenters. The molecule has 1 aromatic carbocycles. The highest BCUT2D eigenvalue weighted by atomic mass is 16.5. The first-order chi connectivity index (χ1) is 13.8. The SMILES string of the molecule is COc1ccc([C@H](C)[C@H](C)OC(=O)CCC(=O)c2nccc(OC)c2O)c(C)c1. The third-order valence-electron chi connectivity index (χ3n) is 4.92. The van der Waals surface area contributed by atoms with Crippen molar-refractivity contribution < 1.29 is 28.9 Å². The van der Waals surface area contributed by atoms with E-state index in [-0.39, 0.29) is 42.1 Å². The fraction of sp³-hybridized carbons (Fsp3) is 0.409. The van der Waals surface area contributed by atoms with Gasteiger partial charge in [-0.25, -0.2) is 4.98 Å². The third kappa shape index (κ3) is 5.47. The zero-order valence-corrected chi connectivity index (χ0v) is 17.4. The summed E-state index contributed by atoms with van der Waals surface area (Å²) in [5, 5.41) is 10.00. The van der Waals surface area contributed by atoms with Crippen LogP contribution in [0.25, 0.3) is 0 Å². The van der Waals surface area contributed by atoms with Crippen LogP contribution in [0, 0.1) is 6.92 Å². The molecule has 2 aromatic rings. The summed E-state index contributed by atoms with van der Waals surface area (Å²) in [6, 6.07) is 7.22. The Kier molecular flexibility index (Phi) is 7.59. The van der Waals surface area contributed by atoms with Gasteiger partial charge in [0.15, 0.2) is 23.0 Å². The average molecular weight is 401 g/mol. The molecule has 7 nitrogen and oxygen atoms in total. The molecule has 0 amide bonds. The molecular formula is C22H27NO6. The van der Waals surface area contributed by atoms with E-state index in [1.54, 1.807) is 7.11 Å². The quantitative estimate of drug-likeness (QED) is 0.504. The number of carbonyl (C=O) groups is 2. The number of pyridine rings is 1. The Balaban J connectivity index is 1.94. The minimum Gasteiger partial charge on any atom is -0.503 e. The molecule has 0 bridgehead atoms. The van der Waals surface area contributed by atoms with Crippen LogP contribution in [-0.2, 0) is 9.53 Å². The molecule has 0 fully saturated rings. The van der Waals surface area contributed by atoms with Crippen LogP contribution in [0.5, 0.6) is 17.2 Å². The summed E-state index contributed by atoms with van der Waals surface area (Å²) < 4.78 is 15.7. The van der Waals surface area contributed by atoms with Gasteiger partial charge in [-0.1, -0.05) is 13.0 Å². The maximum atomic E-state index is 12.3. The van der Waals surface area contributed by atoms with Crippen LogP contribution in [0.2, 0.25) is 0 Å². The van der Waals surface area contributed by atoms with Crippen molar-refractivity contribution in [3.05, 3.63) is 47.3 Å². The number of aromatic hydroxyl groups is 1. The summed E-state index contributed by atoms with van der Waals surface area (Å²) in [5.74, 6) is -0.356. The first-order valence-electron chi connectivity index (χ1n) is 9.37. The van der Waals surface area contributed by atoms with Gasteiger partial charge in [0.25, 0.3) is 0 Å². The highest BCUT2D eigenvalue weighted by Gasteiger charge is 2.22. The molecule has 1 heterocycles. The predicted octanol–water partition coefficient (Wildman–Crippen LogP) is 3.81. The fourth-order valence-corrected chi connectivity index (χ4v) is 3.05. The number of Topliss-reactive ketones (excluding diaryl/α,β-unsaturated/α-hetero) is 1. The molecule has 1 N–H and O–H groups in total. The molecule has 0 saturated heterocycles. The maximum absolute atomic E-state index is 12.3. The van der Waals surface area contributed by atoms with Gasteiger partial charge < -0.3 is 19.3 Å². The van der Waals surface area contributed by atoms with Crippen LogP contribution in [0.15, 0.2) is 30.5 Å². The molecule has 0 aliphatic heterocycles. The minimum absolute atomic E-state index is 0.0235. The van der Waals surface area contributed by atoms with E-state index in [2.05, 4.69) is 4.98 Å². The van der Waals surface area contributed by atoms with Gasteiger partial charge in [0.2, 0.25) is 0 Å². The second kappa shape index (κ2) is 9.91. The Hall–Kier alpha value is -3.09. The Morgan fingerprint density at radius 1 is 1.10 bits per heavy atom. The van der Waals surface area contributed by atoms with E-state index in [1.807, 2.05) is 39.0 Å². The molecule has 0 saturated carbocycles. The standard InChI is InChI=1S/C22H27NO6/c1-13-12-16(27-4)6-7-17(13)14(2)15(3)29-20(25)9-8-18(24)21-22(26)19(28-5)10-11-23-21/h6-7,10-12,14-15,26H,8-9H2,1-5H3/t14-,15+/m1/s1. The van der Waals surface area contributed by atoms with Crippen molar-refractivity contribution in [3.63, 3.8) is 0 Å². The number of rotatable bonds is 9. The largest absolute Gasteiger partial charge is 0.503 e. The van der Waals surface area contributed by atoms with Gasteiger partial charge in [-0.3, -0.25) is 9.59 Å². The molecule has 0 aliphatic rings. The predicted molar refractivity (Wildman–Crippen MR) is 108 cm³/mol. The van der Waals surface area contributed by atoms with E-state index >= 15 is 0 Å². The van der Waals surface area contributed by atoms with E-state index in [1.165, 1.54) is 19.4 Å². The normalized spacial score (nSPS) is 12.7. The van der Waals surface area contributed by atoms with Crippen LogP contribution >= 0.6 is 0 Å². The molecule has 0 radical (unpaired) electrons. The monoisotopic (exact) mass is 401 g/mol. The Labute approximate surface area is 170 Å². The van der Waals surface area contributed by atoms with E-state index in [9.17, 15) is 14.7 Å². The summed E-state index contributed by atoms with van der Waals surface area (Å²) in [6.07, 6.45) is 0.781. The Bertz CT molecular complexity index is 880. The summed E-state index contributed by atoms with van der Waals surface area (Å²) in [7, 11) is 3.00. The van der Waals surface area contributed by atoms with Crippen molar-refractivity contribution in [2.24, 2.45) is 0 Å². The first-order valence-corrected chi connectivity index (χ1v) is 9.37. The number of ether oxygens (including phenoxy) is 3. The average Bonchev–Trinajstić information content (AvgIpc) is 2.71. The van der Waals surface area contributed by atoms with E-state index < -0.39 is 11.8 Å². The molecule has 0 aliphatic carbocycles. The molecule has 2 rings (SSSR count).